The third-order valence-corrected chi connectivity index (χ3v) is 3.08. The molecular weight excluding hydrogens is 234 g/mol. The fourth-order valence-electron chi connectivity index (χ4n) is 2.10. The van der Waals surface area contributed by atoms with E-state index in [4.69, 9.17) is 0 Å². The van der Waals surface area contributed by atoms with Crippen LogP contribution in [0.5, 0.6) is 0 Å². The van der Waals surface area contributed by atoms with Crippen molar-refractivity contribution in [3.05, 3.63) is 83.2 Å². The Hall–Kier alpha value is -2.61. The van der Waals surface area contributed by atoms with Crippen LogP contribution in [0.2, 0.25) is 0 Å². The number of pyridine rings is 1. The highest BCUT2D eigenvalue weighted by atomic mass is 16.1. The van der Waals surface area contributed by atoms with Crippen LogP contribution >= 0.6 is 0 Å². The number of benzene rings is 2. The Bertz CT molecular complexity index is 730. The molecule has 0 aliphatic carbocycles. The van der Waals surface area contributed by atoms with Crippen molar-refractivity contribution >= 4 is 0 Å². The number of nitrogens with one attached hydrogen (secondary N) is 1. The van der Waals surface area contributed by atoms with Crippen molar-refractivity contribution in [2.45, 2.75) is 0 Å². The summed E-state index contributed by atoms with van der Waals surface area (Å²) in [4.78, 5) is 15.1. The molecule has 19 heavy (non-hydrogen) atoms. The van der Waals surface area contributed by atoms with E-state index in [1.807, 2.05) is 72.8 Å². The first-order valence-electron chi connectivity index (χ1n) is 6.19. The molecule has 2 aromatic carbocycles. The number of rotatable bonds is 2. The fourth-order valence-corrected chi connectivity index (χ4v) is 2.10. The van der Waals surface area contributed by atoms with Gasteiger partial charge >= 0.3 is 0 Å². The minimum Gasteiger partial charge on any atom is -0.321 e. The van der Waals surface area contributed by atoms with Crippen LogP contribution in [0.1, 0.15) is 0 Å². The van der Waals surface area contributed by atoms with Gasteiger partial charge in [-0.3, -0.25) is 4.79 Å². The van der Waals surface area contributed by atoms with Crippen molar-refractivity contribution in [3.8, 4) is 22.4 Å². The standard InChI is InChI=1S/C17H13NO/c19-17-15(13-7-3-1-4-8-13)11-12-16(18-17)14-9-5-2-6-10-14/h1-12H,(H,18,19). The molecule has 0 amide bonds. The molecule has 0 bridgehead atoms. The summed E-state index contributed by atoms with van der Waals surface area (Å²) in [7, 11) is 0. The van der Waals surface area contributed by atoms with Gasteiger partial charge in [-0.1, -0.05) is 60.7 Å². The van der Waals surface area contributed by atoms with E-state index < -0.39 is 0 Å². The normalized spacial score (nSPS) is 10.3. The number of aromatic amines is 1. The summed E-state index contributed by atoms with van der Waals surface area (Å²) in [5, 5.41) is 0. The first-order valence-corrected chi connectivity index (χ1v) is 6.19. The quantitative estimate of drug-likeness (QED) is 0.735. The van der Waals surface area contributed by atoms with Gasteiger partial charge in [0.1, 0.15) is 0 Å². The summed E-state index contributed by atoms with van der Waals surface area (Å²) in [5.41, 5.74) is 3.42. The first-order chi connectivity index (χ1) is 9.34. The second kappa shape index (κ2) is 4.94. The molecule has 0 saturated carbocycles. The zero-order chi connectivity index (χ0) is 13.1. The Balaban J connectivity index is 2.07. The van der Waals surface area contributed by atoms with Crippen molar-refractivity contribution in [3.63, 3.8) is 0 Å². The Morgan fingerprint density at radius 1 is 0.632 bits per heavy atom. The van der Waals surface area contributed by atoms with Crippen LogP contribution in [0.3, 0.4) is 0 Å². The van der Waals surface area contributed by atoms with Crippen LogP contribution in [0.15, 0.2) is 77.6 Å². The molecule has 3 rings (SSSR count). The van der Waals surface area contributed by atoms with Gasteiger partial charge in [0.25, 0.3) is 5.56 Å². The molecule has 2 nitrogen and oxygen atoms in total. The minimum atomic E-state index is -0.0625. The average molecular weight is 247 g/mol. The molecule has 2 heteroatoms. The lowest BCUT2D eigenvalue weighted by Crippen LogP contribution is -2.09. The van der Waals surface area contributed by atoms with E-state index in [1.54, 1.807) is 0 Å². The Morgan fingerprint density at radius 3 is 1.79 bits per heavy atom. The summed E-state index contributed by atoms with van der Waals surface area (Å²) < 4.78 is 0. The Morgan fingerprint density at radius 2 is 1.21 bits per heavy atom. The fraction of sp³-hybridized carbons (Fsp3) is 0. The number of aromatic nitrogens is 1. The maximum Gasteiger partial charge on any atom is 0.256 e. The molecule has 0 aliphatic rings. The summed E-state index contributed by atoms with van der Waals surface area (Å²) in [6.45, 7) is 0. The van der Waals surface area contributed by atoms with Crippen LogP contribution in [0.4, 0.5) is 0 Å². The SMILES string of the molecule is O=c1[nH]c(-c2ccccc2)ccc1-c1ccccc1. The lowest BCUT2D eigenvalue weighted by atomic mass is 10.1. The summed E-state index contributed by atoms with van der Waals surface area (Å²) in [6, 6.07) is 23.3. The monoisotopic (exact) mass is 247 g/mol. The van der Waals surface area contributed by atoms with E-state index in [0.29, 0.717) is 5.56 Å². The van der Waals surface area contributed by atoms with Crippen LogP contribution in [-0.4, -0.2) is 4.98 Å². The second-order valence-electron chi connectivity index (χ2n) is 4.35. The van der Waals surface area contributed by atoms with E-state index in [9.17, 15) is 4.79 Å². The molecule has 1 N–H and O–H groups in total. The highest BCUT2D eigenvalue weighted by molar-refractivity contribution is 5.66. The van der Waals surface area contributed by atoms with Gasteiger partial charge in [-0.2, -0.15) is 0 Å². The van der Waals surface area contributed by atoms with Crippen molar-refractivity contribution in [1.82, 2.24) is 4.98 Å². The van der Waals surface area contributed by atoms with Gasteiger partial charge in [0.2, 0.25) is 0 Å². The van der Waals surface area contributed by atoms with E-state index in [0.717, 1.165) is 16.8 Å². The molecule has 92 valence electrons. The number of H-pyrrole nitrogens is 1. The Labute approximate surface area is 111 Å². The summed E-state index contributed by atoms with van der Waals surface area (Å²) >= 11 is 0. The third kappa shape index (κ3) is 2.33. The van der Waals surface area contributed by atoms with Gasteiger partial charge in [0, 0.05) is 11.3 Å². The lowest BCUT2D eigenvalue weighted by molar-refractivity contribution is 1.24. The van der Waals surface area contributed by atoms with Crippen molar-refractivity contribution in [1.29, 1.82) is 0 Å². The highest BCUT2D eigenvalue weighted by Crippen LogP contribution is 2.19. The molecule has 1 aromatic heterocycles. The van der Waals surface area contributed by atoms with E-state index in [-0.39, 0.29) is 5.56 Å². The van der Waals surface area contributed by atoms with Crippen LogP contribution in [0, 0.1) is 0 Å². The minimum absolute atomic E-state index is 0.0625. The summed E-state index contributed by atoms with van der Waals surface area (Å²) in [6.07, 6.45) is 0. The van der Waals surface area contributed by atoms with Gasteiger partial charge in [0.05, 0.1) is 0 Å². The molecule has 0 spiro atoms. The molecule has 0 atom stereocenters. The van der Waals surface area contributed by atoms with Crippen LogP contribution < -0.4 is 5.56 Å². The van der Waals surface area contributed by atoms with Gasteiger partial charge in [-0.25, -0.2) is 0 Å². The molecule has 0 saturated heterocycles. The molecule has 0 unspecified atom stereocenters. The maximum absolute atomic E-state index is 12.2. The molecular formula is C17H13NO. The highest BCUT2D eigenvalue weighted by Gasteiger charge is 2.04. The van der Waals surface area contributed by atoms with E-state index in [2.05, 4.69) is 4.98 Å². The average Bonchev–Trinajstić information content (AvgIpc) is 2.49. The lowest BCUT2D eigenvalue weighted by Gasteiger charge is -2.04. The van der Waals surface area contributed by atoms with E-state index in [1.165, 1.54) is 0 Å². The maximum atomic E-state index is 12.2. The molecule has 0 radical (unpaired) electrons. The van der Waals surface area contributed by atoms with Gasteiger partial charge < -0.3 is 4.98 Å². The van der Waals surface area contributed by atoms with Crippen molar-refractivity contribution in [2.75, 3.05) is 0 Å². The largest absolute Gasteiger partial charge is 0.321 e. The molecule has 0 fully saturated rings. The van der Waals surface area contributed by atoms with Gasteiger partial charge in [-0.15, -0.1) is 0 Å². The molecule has 1 heterocycles. The molecule has 3 aromatic rings. The summed E-state index contributed by atoms with van der Waals surface area (Å²) in [5.74, 6) is 0. The van der Waals surface area contributed by atoms with Crippen LogP contribution in [0.25, 0.3) is 22.4 Å². The number of hydrogen-bond donors (Lipinski definition) is 1. The smallest absolute Gasteiger partial charge is 0.256 e. The Kier molecular flexibility index (Phi) is 2.99. The van der Waals surface area contributed by atoms with Gasteiger partial charge in [0.15, 0.2) is 0 Å². The number of hydrogen-bond acceptors (Lipinski definition) is 1. The van der Waals surface area contributed by atoms with Gasteiger partial charge in [-0.05, 0) is 23.3 Å². The van der Waals surface area contributed by atoms with Crippen molar-refractivity contribution < 1.29 is 0 Å². The second-order valence-corrected chi connectivity index (χ2v) is 4.35. The predicted molar refractivity (Wildman–Crippen MR) is 77.9 cm³/mol. The third-order valence-electron chi connectivity index (χ3n) is 3.08. The zero-order valence-electron chi connectivity index (χ0n) is 10.3. The predicted octanol–water partition coefficient (Wildman–Crippen LogP) is 3.71. The van der Waals surface area contributed by atoms with Crippen LogP contribution in [-0.2, 0) is 0 Å². The van der Waals surface area contributed by atoms with E-state index >= 15 is 0 Å². The first kappa shape index (κ1) is 11.5. The molecule has 0 aliphatic heterocycles. The topological polar surface area (TPSA) is 32.9 Å². The van der Waals surface area contributed by atoms with Crippen molar-refractivity contribution in [2.24, 2.45) is 0 Å². The zero-order valence-corrected chi connectivity index (χ0v) is 10.3.